The first-order chi connectivity index (χ1) is 7.49. The summed E-state index contributed by atoms with van der Waals surface area (Å²) < 4.78 is 0.676. The van der Waals surface area contributed by atoms with Crippen LogP contribution in [0.2, 0.25) is 10.0 Å². The monoisotopic (exact) mass is 323 g/mol. The van der Waals surface area contributed by atoms with Gasteiger partial charge in [-0.05, 0) is 28.1 Å². The number of anilines is 1. The van der Waals surface area contributed by atoms with Gasteiger partial charge < -0.3 is 10.0 Å². The van der Waals surface area contributed by atoms with E-state index in [4.69, 9.17) is 23.2 Å². The summed E-state index contributed by atoms with van der Waals surface area (Å²) in [4.78, 5) is 13.0. The summed E-state index contributed by atoms with van der Waals surface area (Å²) in [6, 6.07) is 3.25. The van der Waals surface area contributed by atoms with Crippen LogP contribution < -0.4 is 4.90 Å². The third kappa shape index (κ3) is 2.20. The maximum atomic E-state index is 11.6. The van der Waals surface area contributed by atoms with Crippen LogP contribution in [0.1, 0.15) is 6.42 Å². The lowest BCUT2D eigenvalue weighted by Gasteiger charge is -2.18. The SMILES string of the molecule is O=C1CC(O)CN1c1cc(Cl)c(Br)cc1Cl. The molecule has 0 saturated carbocycles. The minimum Gasteiger partial charge on any atom is -0.391 e. The van der Waals surface area contributed by atoms with Crippen molar-refractivity contribution in [1.82, 2.24) is 0 Å². The zero-order valence-corrected chi connectivity index (χ0v) is 11.2. The molecule has 0 spiro atoms. The molecule has 1 N–H and O–H groups in total. The molecule has 2 rings (SSSR count). The summed E-state index contributed by atoms with van der Waals surface area (Å²) in [7, 11) is 0. The van der Waals surface area contributed by atoms with Crippen molar-refractivity contribution in [3.8, 4) is 0 Å². The molecule has 1 unspecified atom stereocenters. The Balaban J connectivity index is 2.41. The number of hydrogen-bond donors (Lipinski definition) is 1. The van der Waals surface area contributed by atoms with E-state index in [-0.39, 0.29) is 18.9 Å². The average Bonchev–Trinajstić information content (AvgIpc) is 2.51. The molecule has 1 atom stereocenters. The number of carbonyl (C=O) groups is 1. The van der Waals surface area contributed by atoms with E-state index in [1.54, 1.807) is 12.1 Å². The summed E-state index contributed by atoms with van der Waals surface area (Å²) in [6.45, 7) is 0.260. The normalized spacial score (nSPS) is 20.6. The van der Waals surface area contributed by atoms with E-state index in [2.05, 4.69) is 15.9 Å². The van der Waals surface area contributed by atoms with Crippen LogP contribution in [-0.2, 0) is 4.79 Å². The quantitative estimate of drug-likeness (QED) is 0.807. The third-order valence-electron chi connectivity index (χ3n) is 2.39. The minimum absolute atomic E-state index is 0.129. The van der Waals surface area contributed by atoms with Crippen molar-refractivity contribution in [2.45, 2.75) is 12.5 Å². The van der Waals surface area contributed by atoms with E-state index >= 15 is 0 Å². The smallest absolute Gasteiger partial charge is 0.229 e. The lowest BCUT2D eigenvalue weighted by atomic mass is 10.3. The average molecular weight is 325 g/mol. The van der Waals surface area contributed by atoms with Crippen LogP contribution in [0, 0.1) is 0 Å². The number of benzene rings is 1. The lowest BCUT2D eigenvalue weighted by Crippen LogP contribution is -2.25. The minimum atomic E-state index is -0.633. The Morgan fingerprint density at radius 1 is 1.38 bits per heavy atom. The second-order valence-corrected chi connectivity index (χ2v) is 5.25. The molecule has 1 fully saturated rings. The Morgan fingerprint density at radius 3 is 2.62 bits per heavy atom. The summed E-state index contributed by atoms with van der Waals surface area (Å²) in [5.74, 6) is -0.146. The highest BCUT2D eigenvalue weighted by Crippen LogP contribution is 2.36. The number of β-amino-alcohol motifs (C(OH)–C–C–N with tert-alkyl or cyclic N) is 1. The maximum absolute atomic E-state index is 11.6. The fourth-order valence-corrected chi connectivity index (χ4v) is 2.54. The van der Waals surface area contributed by atoms with Crippen LogP contribution in [0.5, 0.6) is 0 Å². The van der Waals surface area contributed by atoms with Crippen LogP contribution in [0.15, 0.2) is 16.6 Å². The van der Waals surface area contributed by atoms with Crippen molar-refractivity contribution in [2.24, 2.45) is 0 Å². The molecule has 1 heterocycles. The molecule has 1 aromatic carbocycles. The molecule has 3 nitrogen and oxygen atoms in total. The second kappa shape index (κ2) is 4.53. The van der Waals surface area contributed by atoms with Gasteiger partial charge in [-0.15, -0.1) is 0 Å². The largest absolute Gasteiger partial charge is 0.391 e. The van der Waals surface area contributed by atoms with Gasteiger partial charge in [0.15, 0.2) is 0 Å². The summed E-state index contributed by atoms with van der Waals surface area (Å²) in [5.41, 5.74) is 0.538. The van der Waals surface area contributed by atoms with Gasteiger partial charge in [-0.3, -0.25) is 4.79 Å². The zero-order valence-electron chi connectivity index (χ0n) is 8.08. The molecule has 1 amide bonds. The molecule has 0 aromatic heterocycles. The number of halogens is 3. The molecule has 0 bridgehead atoms. The fourth-order valence-electron chi connectivity index (χ4n) is 1.64. The lowest BCUT2D eigenvalue weighted by molar-refractivity contribution is -0.117. The van der Waals surface area contributed by atoms with E-state index in [1.165, 1.54) is 4.90 Å². The number of carbonyl (C=O) groups excluding carboxylic acids is 1. The highest BCUT2D eigenvalue weighted by atomic mass is 79.9. The number of hydrogen-bond acceptors (Lipinski definition) is 2. The van der Waals surface area contributed by atoms with Gasteiger partial charge in [0.2, 0.25) is 5.91 Å². The Morgan fingerprint density at radius 2 is 2.06 bits per heavy atom. The molecule has 16 heavy (non-hydrogen) atoms. The first kappa shape index (κ1) is 12.2. The third-order valence-corrected chi connectivity index (χ3v) is 3.88. The Bertz CT molecular complexity index is 453. The van der Waals surface area contributed by atoms with Gasteiger partial charge in [-0.2, -0.15) is 0 Å². The topological polar surface area (TPSA) is 40.5 Å². The molecular weight excluding hydrogens is 317 g/mol. The molecular formula is C10H8BrCl2NO2. The highest BCUT2D eigenvalue weighted by molar-refractivity contribution is 9.10. The summed E-state index contributed by atoms with van der Waals surface area (Å²) in [6.07, 6.45) is -0.504. The van der Waals surface area contributed by atoms with Crippen molar-refractivity contribution in [3.05, 3.63) is 26.7 Å². The van der Waals surface area contributed by atoms with E-state index in [0.717, 1.165) is 0 Å². The standard InChI is InChI=1S/C10H8BrCl2NO2/c11-6-2-8(13)9(3-7(6)12)14-4-5(15)1-10(14)16/h2-3,5,15H,1,4H2. The predicted molar refractivity (Wildman–Crippen MR) is 67.1 cm³/mol. The molecule has 1 aromatic rings. The molecule has 1 aliphatic rings. The molecule has 6 heteroatoms. The number of aliphatic hydroxyl groups excluding tert-OH is 1. The molecule has 0 aliphatic carbocycles. The van der Waals surface area contributed by atoms with Crippen molar-refractivity contribution in [1.29, 1.82) is 0 Å². The highest BCUT2D eigenvalue weighted by Gasteiger charge is 2.30. The van der Waals surface area contributed by atoms with E-state index in [0.29, 0.717) is 20.2 Å². The van der Waals surface area contributed by atoms with Gasteiger partial charge >= 0.3 is 0 Å². The Kier molecular flexibility index (Phi) is 3.45. The van der Waals surface area contributed by atoms with Crippen molar-refractivity contribution >= 4 is 50.7 Å². The van der Waals surface area contributed by atoms with Gasteiger partial charge in [0.05, 0.1) is 34.8 Å². The first-order valence-corrected chi connectivity index (χ1v) is 6.17. The Labute approximate surface area is 111 Å². The van der Waals surface area contributed by atoms with Crippen molar-refractivity contribution in [3.63, 3.8) is 0 Å². The van der Waals surface area contributed by atoms with Crippen LogP contribution in [0.4, 0.5) is 5.69 Å². The molecule has 0 radical (unpaired) electrons. The number of nitrogens with zero attached hydrogens (tertiary/aromatic N) is 1. The van der Waals surface area contributed by atoms with Crippen LogP contribution in [-0.4, -0.2) is 23.7 Å². The van der Waals surface area contributed by atoms with Crippen LogP contribution in [0.25, 0.3) is 0 Å². The Hall–Kier alpha value is -0.290. The fraction of sp³-hybridized carbons (Fsp3) is 0.300. The predicted octanol–water partition coefficient (Wildman–Crippen LogP) is 2.85. The van der Waals surface area contributed by atoms with E-state index < -0.39 is 6.10 Å². The summed E-state index contributed by atoms with van der Waals surface area (Å²) in [5, 5.41) is 10.3. The first-order valence-electron chi connectivity index (χ1n) is 4.62. The maximum Gasteiger partial charge on any atom is 0.229 e. The summed E-state index contributed by atoms with van der Waals surface area (Å²) >= 11 is 15.2. The van der Waals surface area contributed by atoms with Crippen LogP contribution in [0.3, 0.4) is 0 Å². The van der Waals surface area contributed by atoms with Gasteiger partial charge in [0.1, 0.15) is 0 Å². The molecule has 1 aliphatic heterocycles. The molecule has 86 valence electrons. The van der Waals surface area contributed by atoms with Gasteiger partial charge in [-0.25, -0.2) is 0 Å². The van der Waals surface area contributed by atoms with Gasteiger partial charge in [0, 0.05) is 4.47 Å². The van der Waals surface area contributed by atoms with E-state index in [1.807, 2.05) is 0 Å². The zero-order chi connectivity index (χ0) is 11.9. The molecule has 1 saturated heterocycles. The van der Waals surface area contributed by atoms with Crippen molar-refractivity contribution < 1.29 is 9.90 Å². The van der Waals surface area contributed by atoms with E-state index in [9.17, 15) is 9.90 Å². The van der Waals surface area contributed by atoms with Crippen molar-refractivity contribution in [2.75, 3.05) is 11.4 Å². The second-order valence-electron chi connectivity index (χ2n) is 3.58. The number of aliphatic hydroxyl groups is 1. The van der Waals surface area contributed by atoms with Gasteiger partial charge in [-0.1, -0.05) is 23.2 Å². The number of amides is 1. The number of rotatable bonds is 1. The van der Waals surface area contributed by atoms with Gasteiger partial charge in [0.25, 0.3) is 0 Å². The van der Waals surface area contributed by atoms with Crippen LogP contribution >= 0.6 is 39.1 Å².